The Morgan fingerprint density at radius 2 is 2.00 bits per heavy atom. The SMILES string of the molecule is Cc1ncc(C(=O)N2CCCC(c3ccccc3)CC2)c(=O)[nH]1. The molecule has 1 aliphatic rings. The molecule has 1 aromatic heterocycles. The van der Waals surface area contributed by atoms with Crippen molar-refractivity contribution in [3.05, 3.63) is 63.8 Å². The summed E-state index contributed by atoms with van der Waals surface area (Å²) in [6.07, 6.45) is 4.32. The molecule has 1 aliphatic heterocycles. The van der Waals surface area contributed by atoms with Gasteiger partial charge in [0.15, 0.2) is 0 Å². The number of aryl methyl sites for hydroxylation is 1. The van der Waals surface area contributed by atoms with Crippen LogP contribution in [-0.4, -0.2) is 33.9 Å². The highest BCUT2D eigenvalue weighted by Gasteiger charge is 2.24. The van der Waals surface area contributed by atoms with E-state index in [0.717, 1.165) is 19.3 Å². The predicted molar refractivity (Wildman–Crippen MR) is 88.5 cm³/mol. The fourth-order valence-corrected chi connectivity index (χ4v) is 3.16. The number of aromatic amines is 1. The molecule has 1 saturated heterocycles. The lowest BCUT2D eigenvalue weighted by Gasteiger charge is -2.20. The molecule has 1 aromatic carbocycles. The number of nitrogens with one attached hydrogen (secondary N) is 1. The molecule has 0 aliphatic carbocycles. The number of nitrogens with zero attached hydrogens (tertiary/aromatic N) is 2. The van der Waals surface area contributed by atoms with Crippen molar-refractivity contribution in [3.63, 3.8) is 0 Å². The predicted octanol–water partition coefficient (Wildman–Crippen LogP) is 2.49. The molecule has 3 rings (SSSR count). The van der Waals surface area contributed by atoms with Gasteiger partial charge in [0.1, 0.15) is 11.4 Å². The third kappa shape index (κ3) is 3.50. The van der Waals surface area contributed by atoms with Gasteiger partial charge in [0.25, 0.3) is 11.5 Å². The summed E-state index contributed by atoms with van der Waals surface area (Å²) in [6.45, 7) is 3.06. The number of rotatable bonds is 2. The average Bonchev–Trinajstić information content (AvgIpc) is 2.81. The molecule has 0 bridgehead atoms. The highest BCUT2D eigenvalue weighted by atomic mass is 16.2. The second kappa shape index (κ2) is 6.77. The van der Waals surface area contributed by atoms with Gasteiger partial charge in [-0.2, -0.15) is 0 Å². The van der Waals surface area contributed by atoms with Gasteiger partial charge in [0, 0.05) is 19.3 Å². The molecule has 5 heteroatoms. The average molecular weight is 311 g/mol. The lowest BCUT2D eigenvalue weighted by Crippen LogP contribution is -2.36. The highest BCUT2D eigenvalue weighted by Crippen LogP contribution is 2.28. The Bertz CT molecular complexity index is 739. The van der Waals surface area contributed by atoms with Crippen molar-refractivity contribution < 1.29 is 4.79 Å². The number of benzene rings is 1. The number of carbonyl (C=O) groups excluding carboxylic acids is 1. The molecular weight excluding hydrogens is 290 g/mol. The van der Waals surface area contributed by atoms with E-state index in [4.69, 9.17) is 0 Å². The third-order valence-electron chi connectivity index (χ3n) is 4.44. The molecule has 1 atom stereocenters. The van der Waals surface area contributed by atoms with E-state index in [1.807, 2.05) is 6.07 Å². The van der Waals surface area contributed by atoms with Gasteiger partial charge in [-0.1, -0.05) is 30.3 Å². The number of carbonyl (C=O) groups is 1. The summed E-state index contributed by atoms with van der Waals surface area (Å²) >= 11 is 0. The molecule has 0 spiro atoms. The van der Waals surface area contributed by atoms with E-state index in [0.29, 0.717) is 24.8 Å². The fourth-order valence-electron chi connectivity index (χ4n) is 3.16. The van der Waals surface area contributed by atoms with Gasteiger partial charge in [-0.05, 0) is 37.7 Å². The van der Waals surface area contributed by atoms with Crippen LogP contribution in [0, 0.1) is 6.92 Å². The van der Waals surface area contributed by atoms with Gasteiger partial charge in [-0.25, -0.2) is 4.98 Å². The zero-order valence-corrected chi connectivity index (χ0v) is 13.3. The van der Waals surface area contributed by atoms with Crippen LogP contribution >= 0.6 is 0 Å². The van der Waals surface area contributed by atoms with Crippen LogP contribution in [0.1, 0.15) is 46.9 Å². The Morgan fingerprint density at radius 1 is 1.22 bits per heavy atom. The van der Waals surface area contributed by atoms with E-state index in [1.54, 1.807) is 11.8 Å². The summed E-state index contributed by atoms with van der Waals surface area (Å²) in [5.41, 5.74) is 1.11. The number of H-pyrrole nitrogens is 1. The number of likely N-dealkylation sites (tertiary alicyclic amines) is 1. The zero-order chi connectivity index (χ0) is 16.2. The van der Waals surface area contributed by atoms with Crippen LogP contribution in [-0.2, 0) is 0 Å². The fraction of sp³-hybridized carbons (Fsp3) is 0.389. The van der Waals surface area contributed by atoms with Gasteiger partial charge in [-0.15, -0.1) is 0 Å². The van der Waals surface area contributed by atoms with E-state index in [1.165, 1.54) is 11.8 Å². The van der Waals surface area contributed by atoms with Crippen LogP contribution < -0.4 is 5.56 Å². The minimum atomic E-state index is -0.355. The summed E-state index contributed by atoms with van der Waals surface area (Å²) in [7, 11) is 0. The van der Waals surface area contributed by atoms with Crippen molar-refractivity contribution >= 4 is 5.91 Å². The topological polar surface area (TPSA) is 66.1 Å². The largest absolute Gasteiger partial charge is 0.338 e. The molecule has 0 saturated carbocycles. The molecule has 2 aromatic rings. The van der Waals surface area contributed by atoms with Crippen molar-refractivity contribution in [1.82, 2.24) is 14.9 Å². The zero-order valence-electron chi connectivity index (χ0n) is 13.3. The number of hydrogen-bond acceptors (Lipinski definition) is 3. The molecular formula is C18H21N3O2. The quantitative estimate of drug-likeness (QED) is 0.926. The van der Waals surface area contributed by atoms with Crippen molar-refractivity contribution in [3.8, 4) is 0 Å². The second-order valence-corrected chi connectivity index (χ2v) is 6.04. The van der Waals surface area contributed by atoms with Crippen LogP contribution in [0.5, 0.6) is 0 Å². The maximum Gasteiger partial charge on any atom is 0.263 e. The Balaban J connectivity index is 1.73. The molecule has 2 heterocycles. The molecule has 1 fully saturated rings. The molecule has 0 radical (unpaired) electrons. The lowest BCUT2D eigenvalue weighted by atomic mass is 9.92. The summed E-state index contributed by atoms with van der Waals surface area (Å²) in [5.74, 6) is 0.780. The van der Waals surface area contributed by atoms with Crippen LogP contribution in [0.4, 0.5) is 0 Å². The Labute approximate surface area is 135 Å². The molecule has 120 valence electrons. The van der Waals surface area contributed by atoms with Crippen LogP contribution in [0.2, 0.25) is 0 Å². The number of amides is 1. The van der Waals surface area contributed by atoms with E-state index >= 15 is 0 Å². The first-order valence-electron chi connectivity index (χ1n) is 8.05. The minimum Gasteiger partial charge on any atom is -0.338 e. The van der Waals surface area contributed by atoms with E-state index in [-0.39, 0.29) is 17.0 Å². The monoisotopic (exact) mass is 311 g/mol. The lowest BCUT2D eigenvalue weighted by molar-refractivity contribution is 0.0758. The number of hydrogen-bond donors (Lipinski definition) is 1. The van der Waals surface area contributed by atoms with Crippen LogP contribution in [0.25, 0.3) is 0 Å². The van der Waals surface area contributed by atoms with Gasteiger partial charge in [-0.3, -0.25) is 9.59 Å². The molecule has 1 N–H and O–H groups in total. The standard InChI is InChI=1S/C18H21N3O2/c1-13-19-12-16(17(22)20-13)18(23)21-10-5-8-15(9-11-21)14-6-3-2-4-7-14/h2-4,6-7,12,15H,5,8-11H2,1H3,(H,19,20,22). The van der Waals surface area contributed by atoms with Crippen molar-refractivity contribution in [2.75, 3.05) is 13.1 Å². The minimum absolute atomic E-state index is 0.133. The van der Waals surface area contributed by atoms with E-state index in [9.17, 15) is 9.59 Å². The van der Waals surface area contributed by atoms with Crippen molar-refractivity contribution in [1.29, 1.82) is 0 Å². The van der Waals surface area contributed by atoms with E-state index in [2.05, 4.69) is 34.2 Å². The first-order chi connectivity index (χ1) is 11.1. The third-order valence-corrected chi connectivity index (χ3v) is 4.44. The number of aromatic nitrogens is 2. The summed E-state index contributed by atoms with van der Waals surface area (Å²) in [4.78, 5) is 33.0. The maximum atomic E-state index is 12.6. The van der Waals surface area contributed by atoms with Gasteiger partial charge >= 0.3 is 0 Å². The normalized spacial score (nSPS) is 18.5. The summed E-state index contributed by atoms with van der Waals surface area (Å²) in [6, 6.07) is 10.4. The van der Waals surface area contributed by atoms with E-state index < -0.39 is 0 Å². The highest BCUT2D eigenvalue weighted by molar-refractivity contribution is 5.93. The first kappa shape index (κ1) is 15.5. The molecule has 5 nitrogen and oxygen atoms in total. The Morgan fingerprint density at radius 3 is 2.74 bits per heavy atom. The summed E-state index contributed by atoms with van der Waals surface area (Å²) in [5, 5.41) is 0. The molecule has 23 heavy (non-hydrogen) atoms. The maximum absolute atomic E-state index is 12.6. The summed E-state index contributed by atoms with van der Waals surface area (Å²) < 4.78 is 0. The Kier molecular flexibility index (Phi) is 4.55. The van der Waals surface area contributed by atoms with Gasteiger partial charge in [0.05, 0.1) is 0 Å². The van der Waals surface area contributed by atoms with Crippen molar-refractivity contribution in [2.24, 2.45) is 0 Å². The van der Waals surface area contributed by atoms with Gasteiger partial charge < -0.3 is 9.88 Å². The van der Waals surface area contributed by atoms with Crippen LogP contribution in [0.3, 0.4) is 0 Å². The second-order valence-electron chi connectivity index (χ2n) is 6.04. The van der Waals surface area contributed by atoms with Gasteiger partial charge in [0.2, 0.25) is 0 Å². The molecule has 1 amide bonds. The smallest absolute Gasteiger partial charge is 0.263 e. The molecule has 1 unspecified atom stereocenters. The Hall–Kier alpha value is -2.43. The first-order valence-corrected chi connectivity index (χ1v) is 8.05. The van der Waals surface area contributed by atoms with Crippen LogP contribution in [0.15, 0.2) is 41.3 Å². The van der Waals surface area contributed by atoms with Crippen molar-refractivity contribution in [2.45, 2.75) is 32.1 Å².